The van der Waals surface area contributed by atoms with E-state index in [1.807, 2.05) is 31.2 Å². The second-order valence-corrected chi connectivity index (χ2v) is 2.16. The van der Waals surface area contributed by atoms with Gasteiger partial charge in [0, 0.05) is 5.02 Å². The molecule has 0 aliphatic heterocycles. The Bertz CT molecular complexity index is 165. The molecule has 0 aromatic heterocycles. The quantitative estimate of drug-likeness (QED) is 0.634. The van der Waals surface area contributed by atoms with E-state index >= 15 is 0 Å². The Hall–Kier alpha value is 0.432. The number of hydrogen-bond acceptors (Lipinski definition) is 0. The van der Waals surface area contributed by atoms with Gasteiger partial charge in [0.05, 0.1) is 0 Å². The molecule has 0 amide bonds. The van der Waals surface area contributed by atoms with E-state index in [1.165, 1.54) is 0 Å². The summed E-state index contributed by atoms with van der Waals surface area (Å²) in [6, 6.07) is 7.77. The summed E-state index contributed by atoms with van der Waals surface area (Å²) in [5, 5.41) is 0.840. The van der Waals surface area contributed by atoms with Crippen molar-refractivity contribution >= 4 is 38.9 Å². The van der Waals surface area contributed by atoms with Gasteiger partial charge in [-0.15, -0.1) is 0 Å². The van der Waals surface area contributed by atoms with Gasteiger partial charge < -0.3 is 0 Å². The number of halogens is 1. The fraction of sp³-hybridized carbons (Fsp3) is 0.143. The summed E-state index contributed by atoms with van der Waals surface area (Å²) in [7, 11) is 0. The van der Waals surface area contributed by atoms with E-state index in [-0.39, 0.29) is 27.3 Å². The molecule has 0 fully saturated rings. The fourth-order valence-electron chi connectivity index (χ4n) is 0.551. The zero-order valence-corrected chi connectivity index (χ0v) is 11.6. The van der Waals surface area contributed by atoms with Crippen LogP contribution >= 0.6 is 11.6 Å². The van der Waals surface area contributed by atoms with Crippen LogP contribution in [0.1, 0.15) is 5.56 Å². The molecule has 0 nitrogen and oxygen atoms in total. The minimum absolute atomic E-state index is 0. The minimum atomic E-state index is 0. The van der Waals surface area contributed by atoms with Gasteiger partial charge in [-0.3, -0.25) is 0 Å². The molecule has 0 N–H and O–H groups in total. The van der Waals surface area contributed by atoms with Crippen molar-refractivity contribution < 1.29 is 0 Å². The van der Waals surface area contributed by atoms with Crippen molar-refractivity contribution in [3.63, 3.8) is 0 Å². The first-order valence-corrected chi connectivity index (χ1v) is 2.89. The molecule has 48 valence electrons. The van der Waals surface area contributed by atoms with Gasteiger partial charge in [-0.05, 0) is 18.6 Å². The number of benzene rings is 1. The predicted molar refractivity (Wildman–Crippen MR) is 44.7 cm³/mol. The van der Waals surface area contributed by atoms with Gasteiger partial charge in [0.2, 0.25) is 0 Å². The fourth-order valence-corrected chi connectivity index (χ4v) is 0.687. The van der Waals surface area contributed by atoms with Crippen LogP contribution in [0.5, 0.6) is 0 Å². The van der Waals surface area contributed by atoms with Crippen molar-refractivity contribution in [2.24, 2.45) is 0 Å². The first-order valence-electron chi connectivity index (χ1n) is 2.52. The molecular formula is C7H9ClPb. The maximum atomic E-state index is 5.71. The Balaban J connectivity index is 0.000000640. The van der Waals surface area contributed by atoms with Crippen LogP contribution in [0.3, 0.4) is 0 Å². The van der Waals surface area contributed by atoms with Crippen LogP contribution in [-0.4, -0.2) is 27.3 Å². The molecule has 0 unspecified atom stereocenters. The third-order valence-electron chi connectivity index (χ3n) is 1.08. The van der Waals surface area contributed by atoms with Crippen LogP contribution in [0.4, 0.5) is 0 Å². The summed E-state index contributed by atoms with van der Waals surface area (Å²) >= 11 is 5.71. The SMILES string of the molecule is Cc1ccccc1Cl.[PbH2]. The Morgan fingerprint density at radius 3 is 2.11 bits per heavy atom. The molecule has 0 saturated heterocycles. The second kappa shape index (κ2) is 4.28. The predicted octanol–water partition coefficient (Wildman–Crippen LogP) is 1.73. The Kier molecular flexibility index (Phi) is 4.49. The zero-order chi connectivity index (χ0) is 5.98. The average Bonchev–Trinajstić information content (AvgIpc) is 1.77. The van der Waals surface area contributed by atoms with Crippen molar-refractivity contribution in [1.29, 1.82) is 0 Å². The summed E-state index contributed by atoms with van der Waals surface area (Å²) < 4.78 is 0. The van der Waals surface area contributed by atoms with Gasteiger partial charge in [0.25, 0.3) is 0 Å². The summed E-state index contributed by atoms with van der Waals surface area (Å²) in [5.41, 5.74) is 1.13. The summed E-state index contributed by atoms with van der Waals surface area (Å²) in [5.74, 6) is 0. The third kappa shape index (κ3) is 2.67. The van der Waals surface area contributed by atoms with Gasteiger partial charge in [0.1, 0.15) is 0 Å². The van der Waals surface area contributed by atoms with E-state index < -0.39 is 0 Å². The molecule has 0 spiro atoms. The van der Waals surface area contributed by atoms with Crippen LogP contribution in [0, 0.1) is 6.92 Å². The molecule has 0 aliphatic carbocycles. The van der Waals surface area contributed by atoms with E-state index in [1.54, 1.807) is 0 Å². The van der Waals surface area contributed by atoms with E-state index in [4.69, 9.17) is 11.6 Å². The first kappa shape index (κ1) is 9.43. The third-order valence-corrected chi connectivity index (χ3v) is 1.50. The van der Waals surface area contributed by atoms with Crippen LogP contribution in [0.15, 0.2) is 24.3 Å². The van der Waals surface area contributed by atoms with Crippen LogP contribution in [-0.2, 0) is 0 Å². The normalized spacial score (nSPS) is 8.22. The molecule has 2 radical (unpaired) electrons. The van der Waals surface area contributed by atoms with Crippen molar-refractivity contribution in [2.75, 3.05) is 0 Å². The molecule has 1 aromatic carbocycles. The molecular weight excluding hydrogens is 327 g/mol. The average molecular weight is 336 g/mol. The van der Waals surface area contributed by atoms with E-state index in [0.29, 0.717) is 0 Å². The van der Waals surface area contributed by atoms with E-state index in [2.05, 4.69) is 0 Å². The van der Waals surface area contributed by atoms with Crippen molar-refractivity contribution in [2.45, 2.75) is 6.92 Å². The Morgan fingerprint density at radius 2 is 1.78 bits per heavy atom. The van der Waals surface area contributed by atoms with E-state index in [9.17, 15) is 0 Å². The molecule has 0 saturated carbocycles. The molecule has 0 heterocycles. The maximum absolute atomic E-state index is 5.71. The van der Waals surface area contributed by atoms with Crippen molar-refractivity contribution in [3.05, 3.63) is 34.9 Å². The molecule has 0 atom stereocenters. The Labute approximate surface area is 80.4 Å². The standard InChI is InChI=1S/C7H7Cl.Pb.2H/c1-6-4-2-3-5-7(6)8;;;/h2-5H,1H3;;;. The van der Waals surface area contributed by atoms with Crippen LogP contribution < -0.4 is 0 Å². The van der Waals surface area contributed by atoms with Gasteiger partial charge in [-0.25, -0.2) is 0 Å². The van der Waals surface area contributed by atoms with Gasteiger partial charge in [0.15, 0.2) is 0 Å². The molecule has 2 heteroatoms. The Morgan fingerprint density at radius 1 is 1.22 bits per heavy atom. The van der Waals surface area contributed by atoms with Crippen molar-refractivity contribution in [3.8, 4) is 0 Å². The summed E-state index contributed by atoms with van der Waals surface area (Å²) in [6.45, 7) is 1.99. The summed E-state index contributed by atoms with van der Waals surface area (Å²) in [4.78, 5) is 0. The first-order chi connectivity index (χ1) is 3.80. The second-order valence-electron chi connectivity index (χ2n) is 1.75. The topological polar surface area (TPSA) is 0 Å². The summed E-state index contributed by atoms with van der Waals surface area (Å²) in [6.07, 6.45) is 0. The molecule has 0 aliphatic rings. The van der Waals surface area contributed by atoms with E-state index in [0.717, 1.165) is 10.6 Å². The number of hydrogen-bond donors (Lipinski definition) is 0. The molecule has 1 aromatic rings. The van der Waals surface area contributed by atoms with Gasteiger partial charge >= 0.3 is 27.3 Å². The van der Waals surface area contributed by atoms with Crippen LogP contribution in [0.25, 0.3) is 0 Å². The monoisotopic (exact) mass is 336 g/mol. The van der Waals surface area contributed by atoms with Gasteiger partial charge in [-0.2, -0.15) is 0 Å². The number of rotatable bonds is 0. The van der Waals surface area contributed by atoms with Crippen molar-refractivity contribution in [1.82, 2.24) is 0 Å². The molecule has 1 rings (SSSR count). The van der Waals surface area contributed by atoms with Crippen LogP contribution in [0.2, 0.25) is 5.02 Å². The number of aryl methyl sites for hydroxylation is 1. The van der Waals surface area contributed by atoms with Gasteiger partial charge in [-0.1, -0.05) is 29.8 Å². The molecule has 9 heavy (non-hydrogen) atoms. The zero-order valence-electron chi connectivity index (χ0n) is 5.39. The molecule has 0 bridgehead atoms.